The molecule has 10 heterocycles. The molecule has 0 amide bonds. The van der Waals surface area contributed by atoms with Crippen molar-refractivity contribution in [3.63, 3.8) is 0 Å². The van der Waals surface area contributed by atoms with Crippen molar-refractivity contribution < 1.29 is 6.37 Å². The van der Waals surface area contributed by atoms with Crippen LogP contribution < -0.4 is 0 Å². The third-order valence-electron chi connectivity index (χ3n) is 14.7. The molecule has 1 aromatic rings. The van der Waals surface area contributed by atoms with Crippen LogP contribution in [0.2, 0.25) is 48.5 Å². The fourth-order valence-electron chi connectivity index (χ4n) is 15.4. The molecule has 0 aliphatic carbocycles. The predicted molar refractivity (Wildman–Crippen MR) is 75.9 cm³/mol. The summed E-state index contributed by atoms with van der Waals surface area (Å²) in [6, 6.07) is 11.2. The van der Waals surface area contributed by atoms with Crippen molar-refractivity contribution in [3.05, 3.63) is 35.9 Å². The molecular weight excluding hydrogens is 313 g/mol. The summed E-state index contributed by atoms with van der Waals surface area (Å²) >= 11 is 0. The fraction of sp³-hybridized carbons (Fsp3) is 0.588. The zero-order chi connectivity index (χ0) is 11.9. The molecule has 10 aliphatic heterocycles. The van der Waals surface area contributed by atoms with E-state index in [-0.39, 0.29) is 12.4 Å². The summed E-state index contributed by atoms with van der Waals surface area (Å²) in [5.41, 5.74) is 0.715. The van der Waals surface area contributed by atoms with Crippen molar-refractivity contribution in [3.8, 4) is 6.07 Å². The Morgan fingerprint density at radius 1 is 0.700 bits per heavy atom. The minimum absolute atomic E-state index is 0. The van der Waals surface area contributed by atoms with Crippen molar-refractivity contribution >= 4 is 12.4 Å². The Bertz CT molecular complexity index is 937. The molecule has 10 saturated heterocycles. The summed E-state index contributed by atoms with van der Waals surface area (Å²) < 4.78 is 0. The van der Waals surface area contributed by atoms with Crippen LogP contribution in [0.5, 0.6) is 0 Å². The van der Waals surface area contributed by atoms with Gasteiger partial charge in [0.2, 0.25) is 0 Å². The molecule has 20 heavy (non-hydrogen) atoms. The van der Waals surface area contributed by atoms with Gasteiger partial charge in [0.05, 0.1) is 11.6 Å². The SMILES string of the molecule is Cl.N#Cc1ccccc1.[CH]12[CH]3[CH]4[CH]5[CH]1[Co]23451678[CH]2[CH]1[CH]6[CH]7[CH]28. The number of benzene rings is 1. The van der Waals surface area contributed by atoms with E-state index < -0.39 is 6.37 Å². The van der Waals surface area contributed by atoms with E-state index in [1.807, 2.05) is 24.3 Å². The number of nitrogens with zero attached hydrogens (tertiary/aromatic N) is 1. The molecule has 11 rings (SSSR count). The van der Waals surface area contributed by atoms with Gasteiger partial charge in [-0.1, -0.05) is 18.2 Å². The van der Waals surface area contributed by atoms with Crippen LogP contribution in [0.25, 0.3) is 0 Å². The quantitative estimate of drug-likeness (QED) is 0.629. The molecule has 1 aromatic carbocycles. The van der Waals surface area contributed by atoms with Gasteiger partial charge in [0.25, 0.3) is 0 Å². The average Bonchev–Trinajstić information content (AvgIpc) is 3.41. The molecular formula is C17H16ClCoN. The second-order valence-electron chi connectivity index (χ2n) is 10.6. The Labute approximate surface area is 114 Å². The Morgan fingerprint density at radius 3 is 1.20 bits per heavy atom. The van der Waals surface area contributed by atoms with Crippen molar-refractivity contribution in [1.29, 1.82) is 5.26 Å². The molecule has 0 atom stereocenters. The van der Waals surface area contributed by atoms with Gasteiger partial charge in [-0.2, -0.15) is 5.26 Å². The van der Waals surface area contributed by atoms with Gasteiger partial charge in [-0.3, -0.25) is 0 Å². The van der Waals surface area contributed by atoms with Crippen LogP contribution in [-0.4, -0.2) is 0 Å². The summed E-state index contributed by atoms with van der Waals surface area (Å²) in [6.45, 7) is 0. The van der Waals surface area contributed by atoms with Crippen LogP contribution in [0.15, 0.2) is 30.3 Å². The van der Waals surface area contributed by atoms with E-state index in [1.165, 1.54) is 0 Å². The first-order valence-corrected chi connectivity index (χ1v) is 13.7. The van der Waals surface area contributed by atoms with Crippen molar-refractivity contribution in [2.24, 2.45) is 0 Å². The average molecular weight is 329 g/mol. The molecule has 1 nitrogen and oxygen atoms in total. The fourth-order valence-corrected chi connectivity index (χ4v) is 81.7. The normalized spacial score (nSPS) is 97.2. The number of hydrogen-bond acceptors (Lipinski definition) is 1. The maximum atomic E-state index is 8.29. The van der Waals surface area contributed by atoms with Crippen LogP contribution in [0, 0.1) is 11.3 Å². The van der Waals surface area contributed by atoms with Gasteiger partial charge in [-0.15, -0.1) is 12.4 Å². The van der Waals surface area contributed by atoms with Gasteiger partial charge in [-0.25, -0.2) is 0 Å². The second kappa shape index (κ2) is 0.813. The molecule has 10 fully saturated rings. The van der Waals surface area contributed by atoms with E-state index in [9.17, 15) is 0 Å². The van der Waals surface area contributed by atoms with Crippen LogP contribution in [-0.2, 0) is 6.37 Å². The second-order valence-corrected chi connectivity index (χ2v) is 33.2. The van der Waals surface area contributed by atoms with Gasteiger partial charge < -0.3 is 0 Å². The van der Waals surface area contributed by atoms with Gasteiger partial charge in [-0.05, 0) is 12.1 Å². The van der Waals surface area contributed by atoms with E-state index >= 15 is 0 Å². The van der Waals surface area contributed by atoms with E-state index in [4.69, 9.17) is 5.26 Å². The summed E-state index contributed by atoms with van der Waals surface area (Å²) in [5, 5.41) is 8.29. The molecule has 10 aliphatic rings. The zero-order valence-electron chi connectivity index (χ0n) is 10.8. The zero-order valence-corrected chi connectivity index (χ0v) is 12.7. The third kappa shape index (κ3) is 0.109. The molecule has 105 valence electrons. The van der Waals surface area contributed by atoms with Gasteiger partial charge in [0.15, 0.2) is 0 Å². The number of nitriles is 1. The van der Waals surface area contributed by atoms with Crippen molar-refractivity contribution in [2.45, 2.75) is 48.5 Å². The summed E-state index contributed by atoms with van der Waals surface area (Å²) in [5.74, 6) is 0. The van der Waals surface area contributed by atoms with Crippen LogP contribution >= 0.6 is 12.4 Å². The van der Waals surface area contributed by atoms with E-state index in [1.54, 1.807) is 60.7 Å². The van der Waals surface area contributed by atoms with E-state index in [2.05, 4.69) is 0 Å². The molecule has 0 N–H and O–H groups in total. The third-order valence-corrected chi connectivity index (χ3v) is 54.2. The first kappa shape index (κ1) is 8.83. The number of hydrogen-bond donors (Lipinski definition) is 0. The molecule has 0 bridgehead atoms. The molecule has 0 unspecified atom stereocenters. The Kier molecular flexibility index (Phi) is 0.359. The molecule has 0 radical (unpaired) electrons. The molecule has 1 spiro atoms. The first-order valence-electron chi connectivity index (χ1n) is 7.64. The van der Waals surface area contributed by atoms with Crippen molar-refractivity contribution in [1.82, 2.24) is 0 Å². The molecule has 3 heteroatoms. The Balaban J connectivity index is 0.0000000809. The van der Waals surface area contributed by atoms with E-state index in [0.29, 0.717) is 5.56 Å². The summed E-state index contributed by atoms with van der Waals surface area (Å²) in [7, 11) is 0. The monoisotopic (exact) mass is 328 g/mol. The van der Waals surface area contributed by atoms with Gasteiger partial charge in [0.1, 0.15) is 0 Å². The topological polar surface area (TPSA) is 23.8 Å². The first-order chi connectivity index (χ1) is 9.09. The van der Waals surface area contributed by atoms with Gasteiger partial charge in [0, 0.05) is 0 Å². The summed E-state index contributed by atoms with van der Waals surface area (Å²) in [6.07, 6.45) is -2.20. The number of fused-ring (bicyclic) bond motifs is 10. The van der Waals surface area contributed by atoms with Crippen molar-refractivity contribution in [2.75, 3.05) is 0 Å². The Hall–Kier alpha value is -0.494. The molecule has 0 saturated carbocycles. The Morgan fingerprint density at radius 2 is 1.05 bits per heavy atom. The standard InChI is InChI=1S/C7H5N.2C5H5.ClH.Co/c8-6-7-4-2-1-3-5-7;2*1-2-4-5-3-1;;/h1-5H;2*1-5H;1H;. The van der Waals surface area contributed by atoms with Crippen LogP contribution in [0.4, 0.5) is 0 Å². The van der Waals surface area contributed by atoms with Gasteiger partial charge >= 0.3 is 54.9 Å². The van der Waals surface area contributed by atoms with Crippen LogP contribution in [0.3, 0.4) is 0 Å². The molecule has 0 aromatic heterocycles. The minimum atomic E-state index is -2.20. The number of halogens is 1. The number of rotatable bonds is 0. The summed E-state index contributed by atoms with van der Waals surface area (Å²) in [4.78, 5) is 15.9. The predicted octanol–water partition coefficient (Wildman–Crippen LogP) is 5.36. The maximum absolute atomic E-state index is 8.29. The van der Waals surface area contributed by atoms with E-state index in [0.717, 1.165) is 0 Å². The van der Waals surface area contributed by atoms with Crippen LogP contribution in [0.1, 0.15) is 5.56 Å².